The normalized spacial score (nSPS) is 10.5. The van der Waals surface area contributed by atoms with Gasteiger partial charge in [-0.15, -0.1) is 0 Å². The van der Waals surface area contributed by atoms with Gasteiger partial charge in [0.15, 0.2) is 0 Å². The van der Waals surface area contributed by atoms with E-state index in [4.69, 9.17) is 5.73 Å². The van der Waals surface area contributed by atoms with Crippen molar-refractivity contribution in [3.05, 3.63) is 30.2 Å². The largest absolute Gasteiger partial charge is 0.383 e. The predicted octanol–water partition coefficient (Wildman–Crippen LogP) is 1.86. The molecule has 2 heterocycles. The van der Waals surface area contributed by atoms with E-state index in [0.29, 0.717) is 5.82 Å². The number of rotatable bonds is 2. The second-order valence-corrected chi connectivity index (χ2v) is 3.51. The molecule has 2 aromatic heterocycles. The zero-order valence-corrected chi connectivity index (χ0v) is 8.94. The first-order valence-electron chi connectivity index (χ1n) is 4.95. The molecule has 0 amide bonds. The van der Waals surface area contributed by atoms with Crippen molar-refractivity contribution in [2.75, 3.05) is 5.73 Å². The van der Waals surface area contributed by atoms with Crippen molar-refractivity contribution in [2.24, 2.45) is 0 Å². The summed E-state index contributed by atoms with van der Waals surface area (Å²) in [6.07, 6.45) is 5.63. The Morgan fingerprint density at radius 3 is 2.73 bits per heavy atom. The number of hydrogen-bond donors (Lipinski definition) is 1. The number of anilines is 1. The van der Waals surface area contributed by atoms with Gasteiger partial charge < -0.3 is 5.73 Å². The quantitative estimate of drug-likeness (QED) is 0.808. The Hall–Kier alpha value is -1.84. The Morgan fingerprint density at radius 2 is 2.13 bits per heavy atom. The van der Waals surface area contributed by atoms with Gasteiger partial charge in [0.25, 0.3) is 0 Å². The van der Waals surface area contributed by atoms with Gasteiger partial charge in [-0.2, -0.15) is 5.10 Å². The van der Waals surface area contributed by atoms with Crippen molar-refractivity contribution >= 4 is 5.82 Å². The monoisotopic (exact) mass is 202 g/mol. The second-order valence-electron chi connectivity index (χ2n) is 3.51. The van der Waals surface area contributed by atoms with Crippen molar-refractivity contribution in [1.82, 2.24) is 14.8 Å². The summed E-state index contributed by atoms with van der Waals surface area (Å²) < 4.78 is 1.89. The summed E-state index contributed by atoms with van der Waals surface area (Å²) in [5.41, 5.74) is 8.80. The molecule has 0 aliphatic rings. The van der Waals surface area contributed by atoms with Crippen LogP contribution in [-0.4, -0.2) is 14.8 Å². The number of nitrogen functional groups attached to an aromatic ring is 1. The van der Waals surface area contributed by atoms with Gasteiger partial charge in [0.05, 0.1) is 6.20 Å². The third kappa shape index (κ3) is 1.83. The maximum atomic E-state index is 5.67. The molecule has 0 aromatic carbocycles. The number of pyridine rings is 1. The molecule has 0 aliphatic heterocycles. The van der Waals surface area contributed by atoms with Crippen LogP contribution in [-0.2, 0) is 6.54 Å². The van der Waals surface area contributed by atoms with Crippen LogP contribution in [0, 0.1) is 6.92 Å². The summed E-state index contributed by atoms with van der Waals surface area (Å²) >= 11 is 0. The molecule has 2 aromatic rings. The first-order valence-corrected chi connectivity index (χ1v) is 4.95. The maximum Gasteiger partial charge on any atom is 0.126 e. The van der Waals surface area contributed by atoms with Gasteiger partial charge in [0.2, 0.25) is 0 Å². The molecule has 2 rings (SSSR count). The molecule has 0 aliphatic carbocycles. The molecule has 0 radical (unpaired) electrons. The van der Waals surface area contributed by atoms with Crippen LogP contribution in [0.5, 0.6) is 0 Å². The van der Waals surface area contributed by atoms with Gasteiger partial charge in [0.1, 0.15) is 5.82 Å². The molecule has 4 heteroatoms. The molecule has 0 atom stereocenters. The van der Waals surface area contributed by atoms with Gasteiger partial charge in [-0.05, 0) is 25.5 Å². The van der Waals surface area contributed by atoms with E-state index in [0.717, 1.165) is 23.2 Å². The van der Waals surface area contributed by atoms with Crippen LogP contribution in [0.4, 0.5) is 5.82 Å². The summed E-state index contributed by atoms with van der Waals surface area (Å²) in [4.78, 5) is 4.13. The standard InChI is InChI=1S/C11H14N4/c1-3-15-7-10(6-14-15)9-4-8(2)11(12)13-5-9/h4-7H,3H2,1-2H3,(H2,12,13). The minimum atomic E-state index is 0.585. The highest BCUT2D eigenvalue weighted by atomic mass is 15.3. The number of hydrogen-bond acceptors (Lipinski definition) is 3. The highest BCUT2D eigenvalue weighted by Crippen LogP contribution is 2.20. The van der Waals surface area contributed by atoms with E-state index >= 15 is 0 Å². The Labute approximate surface area is 88.8 Å². The second kappa shape index (κ2) is 3.73. The highest BCUT2D eigenvalue weighted by molar-refractivity contribution is 5.63. The Morgan fingerprint density at radius 1 is 1.33 bits per heavy atom. The summed E-state index contributed by atoms with van der Waals surface area (Å²) in [6, 6.07) is 2.03. The van der Waals surface area contributed by atoms with Crippen LogP contribution in [0.25, 0.3) is 11.1 Å². The average molecular weight is 202 g/mol. The topological polar surface area (TPSA) is 56.7 Å². The predicted molar refractivity (Wildman–Crippen MR) is 60.3 cm³/mol. The van der Waals surface area contributed by atoms with E-state index < -0.39 is 0 Å². The third-order valence-corrected chi connectivity index (χ3v) is 2.41. The fraction of sp³-hybridized carbons (Fsp3) is 0.273. The lowest BCUT2D eigenvalue weighted by molar-refractivity contribution is 0.660. The molecular formula is C11H14N4. The summed E-state index contributed by atoms with van der Waals surface area (Å²) in [5.74, 6) is 0.585. The number of aryl methyl sites for hydroxylation is 2. The zero-order valence-electron chi connectivity index (χ0n) is 8.94. The molecule has 4 nitrogen and oxygen atoms in total. The van der Waals surface area contributed by atoms with Crippen molar-refractivity contribution in [3.63, 3.8) is 0 Å². The summed E-state index contributed by atoms with van der Waals surface area (Å²) in [7, 11) is 0. The molecule has 0 saturated heterocycles. The Kier molecular flexibility index (Phi) is 2.41. The zero-order chi connectivity index (χ0) is 10.8. The molecule has 0 saturated carbocycles. The molecule has 0 fully saturated rings. The first kappa shape index (κ1) is 9.71. The van der Waals surface area contributed by atoms with E-state index in [2.05, 4.69) is 17.0 Å². The molecule has 0 bridgehead atoms. The van der Waals surface area contributed by atoms with Crippen molar-refractivity contribution in [1.29, 1.82) is 0 Å². The van der Waals surface area contributed by atoms with Crippen LogP contribution in [0.15, 0.2) is 24.7 Å². The lowest BCUT2D eigenvalue weighted by Crippen LogP contribution is -1.94. The van der Waals surface area contributed by atoms with Crippen LogP contribution in [0.3, 0.4) is 0 Å². The molecule has 15 heavy (non-hydrogen) atoms. The van der Waals surface area contributed by atoms with Crippen molar-refractivity contribution in [3.8, 4) is 11.1 Å². The molecular weight excluding hydrogens is 188 g/mol. The van der Waals surface area contributed by atoms with Gasteiger partial charge >= 0.3 is 0 Å². The fourth-order valence-corrected chi connectivity index (χ4v) is 1.43. The van der Waals surface area contributed by atoms with E-state index in [1.807, 2.05) is 30.1 Å². The van der Waals surface area contributed by atoms with Crippen LogP contribution in [0.1, 0.15) is 12.5 Å². The van der Waals surface area contributed by atoms with E-state index in [1.165, 1.54) is 0 Å². The van der Waals surface area contributed by atoms with Crippen molar-refractivity contribution < 1.29 is 0 Å². The van der Waals surface area contributed by atoms with Gasteiger partial charge in [-0.1, -0.05) is 0 Å². The Balaban J connectivity index is 2.40. The number of nitrogens with two attached hydrogens (primary N) is 1. The van der Waals surface area contributed by atoms with Gasteiger partial charge in [-0.25, -0.2) is 4.98 Å². The third-order valence-electron chi connectivity index (χ3n) is 2.41. The molecule has 0 spiro atoms. The summed E-state index contributed by atoms with van der Waals surface area (Å²) in [5, 5.41) is 4.22. The number of nitrogens with zero attached hydrogens (tertiary/aromatic N) is 3. The van der Waals surface area contributed by atoms with Crippen LogP contribution < -0.4 is 5.73 Å². The van der Waals surface area contributed by atoms with E-state index in [-0.39, 0.29) is 0 Å². The lowest BCUT2D eigenvalue weighted by atomic mass is 10.1. The molecule has 78 valence electrons. The molecule has 2 N–H and O–H groups in total. The Bertz CT molecular complexity index is 473. The maximum absolute atomic E-state index is 5.67. The minimum absolute atomic E-state index is 0.585. The van der Waals surface area contributed by atoms with E-state index in [9.17, 15) is 0 Å². The average Bonchev–Trinajstić information content (AvgIpc) is 2.70. The van der Waals surface area contributed by atoms with Crippen LogP contribution in [0.2, 0.25) is 0 Å². The lowest BCUT2D eigenvalue weighted by Gasteiger charge is -2.01. The van der Waals surface area contributed by atoms with E-state index in [1.54, 1.807) is 6.20 Å². The van der Waals surface area contributed by atoms with Crippen molar-refractivity contribution in [2.45, 2.75) is 20.4 Å². The fourth-order valence-electron chi connectivity index (χ4n) is 1.43. The SMILES string of the molecule is CCn1cc(-c2cnc(N)c(C)c2)cn1. The number of aromatic nitrogens is 3. The van der Waals surface area contributed by atoms with Gasteiger partial charge in [-0.3, -0.25) is 4.68 Å². The van der Waals surface area contributed by atoms with Gasteiger partial charge in [0, 0.05) is 30.1 Å². The first-order chi connectivity index (χ1) is 7.20. The smallest absolute Gasteiger partial charge is 0.126 e. The molecule has 0 unspecified atom stereocenters. The highest BCUT2D eigenvalue weighted by Gasteiger charge is 2.03. The summed E-state index contributed by atoms with van der Waals surface area (Å²) in [6.45, 7) is 4.89. The minimum Gasteiger partial charge on any atom is -0.383 e. The van der Waals surface area contributed by atoms with Crippen LogP contribution >= 0.6 is 0 Å².